The molecule has 0 aromatic heterocycles. The van der Waals surface area contributed by atoms with E-state index in [2.05, 4.69) is 5.32 Å². The highest BCUT2D eigenvalue weighted by Crippen LogP contribution is 2.35. The number of halogens is 3. The first kappa shape index (κ1) is 20.1. The number of benzene rings is 2. The summed E-state index contributed by atoms with van der Waals surface area (Å²) in [6, 6.07) is 8.14. The number of carbonyl (C=O) groups excluding carboxylic acids is 2. The molecule has 0 bridgehead atoms. The summed E-state index contributed by atoms with van der Waals surface area (Å²) in [6.07, 6.45) is -4.50. The van der Waals surface area contributed by atoms with Crippen molar-refractivity contribution < 1.29 is 32.4 Å². The first-order valence-corrected chi connectivity index (χ1v) is 8.29. The number of nitro groups is 1. The number of non-ortho nitro benzene ring substituents is 1. The molecule has 2 aromatic rings. The molecule has 8 nitrogen and oxygen atoms in total. The van der Waals surface area contributed by atoms with E-state index < -0.39 is 35.0 Å². The number of rotatable bonds is 5. The van der Waals surface area contributed by atoms with Gasteiger partial charge in [-0.2, -0.15) is 13.2 Å². The average Bonchev–Trinajstić information content (AvgIpc) is 2.67. The second-order valence-corrected chi connectivity index (χ2v) is 6.15. The molecule has 0 fully saturated rings. The van der Waals surface area contributed by atoms with Gasteiger partial charge >= 0.3 is 6.18 Å². The lowest BCUT2D eigenvalue weighted by molar-refractivity contribution is -0.384. The maximum Gasteiger partial charge on any atom is 0.416 e. The van der Waals surface area contributed by atoms with Gasteiger partial charge in [-0.25, -0.2) is 0 Å². The van der Waals surface area contributed by atoms with Crippen LogP contribution >= 0.6 is 0 Å². The van der Waals surface area contributed by atoms with E-state index in [1.807, 2.05) is 0 Å². The van der Waals surface area contributed by atoms with Crippen LogP contribution in [0.5, 0.6) is 5.75 Å². The van der Waals surface area contributed by atoms with Crippen LogP contribution in [0.25, 0.3) is 0 Å². The highest BCUT2D eigenvalue weighted by molar-refractivity contribution is 6.02. The van der Waals surface area contributed by atoms with Crippen molar-refractivity contribution in [2.24, 2.45) is 0 Å². The van der Waals surface area contributed by atoms with Crippen LogP contribution in [-0.2, 0) is 22.3 Å². The third kappa shape index (κ3) is 4.62. The molecule has 1 heterocycles. The second kappa shape index (κ2) is 7.78. The Labute approximate surface area is 162 Å². The van der Waals surface area contributed by atoms with Gasteiger partial charge in [-0.15, -0.1) is 0 Å². The molecule has 3 rings (SSSR count). The first-order valence-electron chi connectivity index (χ1n) is 8.29. The Bertz CT molecular complexity index is 977. The molecule has 0 spiro atoms. The number of ether oxygens (including phenoxy) is 1. The van der Waals surface area contributed by atoms with Crippen molar-refractivity contribution in [3.8, 4) is 5.75 Å². The van der Waals surface area contributed by atoms with Gasteiger partial charge in [0.1, 0.15) is 12.3 Å². The van der Waals surface area contributed by atoms with Crippen molar-refractivity contribution in [2.45, 2.75) is 12.7 Å². The number of nitrogens with one attached hydrogen (secondary N) is 1. The minimum atomic E-state index is -4.50. The Kier molecular flexibility index (Phi) is 5.39. The van der Waals surface area contributed by atoms with Gasteiger partial charge in [-0.3, -0.25) is 24.6 Å². The molecule has 29 heavy (non-hydrogen) atoms. The highest BCUT2D eigenvalue weighted by Gasteiger charge is 2.31. The maximum atomic E-state index is 12.8. The highest BCUT2D eigenvalue weighted by atomic mass is 19.4. The quantitative estimate of drug-likeness (QED) is 0.604. The van der Waals surface area contributed by atoms with Gasteiger partial charge in [0, 0.05) is 18.7 Å². The minimum Gasteiger partial charge on any atom is -0.482 e. The Balaban J connectivity index is 1.71. The number of nitro benzene ring substituents is 1. The van der Waals surface area contributed by atoms with Gasteiger partial charge in [0.2, 0.25) is 5.91 Å². The zero-order valence-electron chi connectivity index (χ0n) is 14.7. The standard InChI is InChI=1S/C18H14F3N3O5/c19-18(20,21)12-3-1-2-11(6-12)8-22-16(25)9-23-14-7-13(24(27)28)4-5-15(14)29-10-17(23)26/h1-7H,8-10H2,(H,22,25). The summed E-state index contributed by atoms with van der Waals surface area (Å²) in [5, 5.41) is 13.4. The van der Waals surface area contributed by atoms with E-state index in [9.17, 15) is 32.9 Å². The summed E-state index contributed by atoms with van der Waals surface area (Å²) in [5.74, 6) is -1.01. The van der Waals surface area contributed by atoms with Gasteiger partial charge in [0.05, 0.1) is 16.2 Å². The smallest absolute Gasteiger partial charge is 0.416 e. The molecular weight excluding hydrogens is 395 g/mol. The van der Waals surface area contributed by atoms with Crippen LogP contribution in [0.2, 0.25) is 0 Å². The topological polar surface area (TPSA) is 102 Å². The Hall–Kier alpha value is -3.63. The average molecular weight is 409 g/mol. The zero-order chi connectivity index (χ0) is 21.2. The number of anilines is 1. The number of nitrogens with zero attached hydrogens (tertiary/aromatic N) is 2. The summed E-state index contributed by atoms with van der Waals surface area (Å²) < 4.78 is 43.5. The zero-order valence-corrected chi connectivity index (χ0v) is 14.7. The second-order valence-electron chi connectivity index (χ2n) is 6.15. The van der Waals surface area contributed by atoms with Crippen LogP contribution in [0.1, 0.15) is 11.1 Å². The molecule has 0 unspecified atom stereocenters. The van der Waals surface area contributed by atoms with Crippen LogP contribution in [-0.4, -0.2) is 29.9 Å². The summed E-state index contributed by atoms with van der Waals surface area (Å²) in [5.41, 5.74) is -0.813. The molecule has 0 atom stereocenters. The lowest BCUT2D eigenvalue weighted by Crippen LogP contribution is -2.45. The fraction of sp³-hybridized carbons (Fsp3) is 0.222. The molecule has 0 aliphatic carbocycles. The Morgan fingerprint density at radius 3 is 2.69 bits per heavy atom. The predicted octanol–water partition coefficient (Wildman–Crippen LogP) is 2.66. The van der Waals surface area contributed by atoms with Crippen molar-refractivity contribution >= 4 is 23.2 Å². The maximum absolute atomic E-state index is 12.8. The molecule has 2 aromatic carbocycles. The van der Waals surface area contributed by atoms with Crippen LogP contribution in [0.3, 0.4) is 0 Å². The number of fused-ring (bicyclic) bond motifs is 1. The van der Waals surface area contributed by atoms with Crippen molar-refractivity contribution in [3.05, 3.63) is 63.7 Å². The van der Waals surface area contributed by atoms with E-state index in [-0.39, 0.29) is 35.8 Å². The van der Waals surface area contributed by atoms with Crippen molar-refractivity contribution in [2.75, 3.05) is 18.1 Å². The van der Waals surface area contributed by atoms with Crippen molar-refractivity contribution in [3.63, 3.8) is 0 Å². The lowest BCUT2D eigenvalue weighted by Gasteiger charge is -2.28. The predicted molar refractivity (Wildman–Crippen MR) is 94.2 cm³/mol. The molecule has 0 saturated heterocycles. The largest absolute Gasteiger partial charge is 0.482 e. The number of carbonyl (C=O) groups is 2. The van der Waals surface area contributed by atoms with E-state index in [4.69, 9.17) is 4.74 Å². The summed E-state index contributed by atoms with van der Waals surface area (Å²) in [7, 11) is 0. The number of amides is 2. The summed E-state index contributed by atoms with van der Waals surface area (Å²) >= 11 is 0. The Morgan fingerprint density at radius 1 is 1.24 bits per heavy atom. The molecular formula is C18H14F3N3O5. The molecule has 11 heteroatoms. The third-order valence-electron chi connectivity index (χ3n) is 4.14. The van der Waals surface area contributed by atoms with Crippen LogP contribution in [0.15, 0.2) is 42.5 Å². The van der Waals surface area contributed by atoms with E-state index in [1.165, 1.54) is 24.3 Å². The van der Waals surface area contributed by atoms with Crippen molar-refractivity contribution in [1.82, 2.24) is 5.32 Å². The fourth-order valence-corrected chi connectivity index (χ4v) is 2.74. The molecule has 0 radical (unpaired) electrons. The van der Waals surface area contributed by atoms with E-state index in [0.29, 0.717) is 0 Å². The van der Waals surface area contributed by atoms with Gasteiger partial charge in [0.25, 0.3) is 11.6 Å². The van der Waals surface area contributed by atoms with Gasteiger partial charge < -0.3 is 10.1 Å². The first-order chi connectivity index (χ1) is 13.6. The third-order valence-corrected chi connectivity index (χ3v) is 4.14. The summed E-state index contributed by atoms with van der Waals surface area (Å²) in [4.78, 5) is 35.7. The fourth-order valence-electron chi connectivity index (χ4n) is 2.74. The monoisotopic (exact) mass is 409 g/mol. The van der Waals surface area contributed by atoms with Gasteiger partial charge in [-0.1, -0.05) is 12.1 Å². The molecule has 1 aliphatic heterocycles. The minimum absolute atomic E-state index is 0.0738. The Morgan fingerprint density at radius 2 is 2.00 bits per heavy atom. The van der Waals surface area contributed by atoms with Crippen molar-refractivity contribution in [1.29, 1.82) is 0 Å². The van der Waals surface area contributed by atoms with E-state index >= 15 is 0 Å². The molecule has 0 saturated carbocycles. The number of alkyl halides is 3. The molecule has 1 aliphatic rings. The van der Waals surface area contributed by atoms with Crippen LogP contribution in [0.4, 0.5) is 24.5 Å². The van der Waals surface area contributed by atoms with Gasteiger partial charge in [-0.05, 0) is 23.8 Å². The van der Waals surface area contributed by atoms with E-state index in [1.54, 1.807) is 0 Å². The van der Waals surface area contributed by atoms with Crippen LogP contribution < -0.4 is 15.0 Å². The number of hydrogen-bond acceptors (Lipinski definition) is 5. The SMILES string of the molecule is O=C(CN1C(=O)COc2ccc([N+](=O)[O-])cc21)NCc1cccc(C(F)(F)F)c1. The normalized spacial score (nSPS) is 13.5. The lowest BCUT2D eigenvalue weighted by atomic mass is 10.1. The van der Waals surface area contributed by atoms with E-state index in [0.717, 1.165) is 23.1 Å². The molecule has 1 N–H and O–H groups in total. The summed E-state index contributed by atoms with van der Waals surface area (Å²) in [6.45, 7) is -0.982. The number of hydrogen-bond donors (Lipinski definition) is 1. The van der Waals surface area contributed by atoms with Crippen LogP contribution in [0, 0.1) is 10.1 Å². The molecule has 2 amide bonds. The van der Waals surface area contributed by atoms with Gasteiger partial charge in [0.15, 0.2) is 6.61 Å². The molecule has 152 valence electrons.